The third-order valence-corrected chi connectivity index (χ3v) is 5.31. The van der Waals surface area contributed by atoms with Gasteiger partial charge in [0.25, 0.3) is 5.91 Å². The van der Waals surface area contributed by atoms with Crippen LogP contribution < -0.4 is 14.8 Å². The second-order valence-electron chi connectivity index (χ2n) is 7.36. The number of urea groups is 1. The Bertz CT molecular complexity index is 1040. The molecule has 8 nitrogen and oxygen atoms in total. The number of benzene rings is 2. The van der Waals surface area contributed by atoms with Crippen LogP contribution in [-0.2, 0) is 21.7 Å². The molecule has 1 N–H and O–H groups in total. The van der Waals surface area contributed by atoms with Crippen LogP contribution in [0.25, 0.3) is 0 Å². The summed E-state index contributed by atoms with van der Waals surface area (Å²) in [6, 6.07) is 10.4. The number of carbonyl (C=O) groups excluding carboxylic acids is 3. The lowest BCUT2D eigenvalue weighted by Gasteiger charge is -2.23. The highest BCUT2D eigenvalue weighted by Gasteiger charge is 2.50. The van der Waals surface area contributed by atoms with Crippen molar-refractivity contribution in [3.05, 3.63) is 59.4 Å². The number of nitrogens with zero attached hydrogens (tertiary/aromatic N) is 2. The van der Waals surface area contributed by atoms with Gasteiger partial charge < -0.3 is 19.7 Å². The molecule has 0 radical (unpaired) electrons. The van der Waals surface area contributed by atoms with Crippen molar-refractivity contribution < 1.29 is 28.2 Å². The number of imide groups is 1. The summed E-state index contributed by atoms with van der Waals surface area (Å²) < 4.78 is 24.5. The van der Waals surface area contributed by atoms with Gasteiger partial charge in [0.1, 0.15) is 17.9 Å². The minimum absolute atomic E-state index is 0.0224. The Morgan fingerprint density at radius 3 is 2.70 bits per heavy atom. The fourth-order valence-corrected chi connectivity index (χ4v) is 3.47. The molecule has 1 saturated heterocycles. The van der Waals surface area contributed by atoms with Gasteiger partial charge in [-0.15, -0.1) is 0 Å². The van der Waals surface area contributed by atoms with E-state index in [-0.39, 0.29) is 13.3 Å². The molecule has 0 saturated carbocycles. The third kappa shape index (κ3) is 3.32. The maximum Gasteiger partial charge on any atom is 0.325 e. The lowest BCUT2D eigenvalue weighted by molar-refractivity contribution is -0.138. The predicted molar refractivity (Wildman–Crippen MR) is 103 cm³/mol. The number of hydrogen-bond acceptors (Lipinski definition) is 5. The van der Waals surface area contributed by atoms with Gasteiger partial charge in [0, 0.05) is 19.2 Å². The summed E-state index contributed by atoms with van der Waals surface area (Å²) in [5.41, 5.74) is -0.488. The van der Waals surface area contributed by atoms with Crippen LogP contribution in [0.2, 0.25) is 0 Å². The molecule has 2 aliphatic heterocycles. The zero-order valence-electron chi connectivity index (χ0n) is 16.5. The van der Waals surface area contributed by atoms with Gasteiger partial charge in [-0.2, -0.15) is 0 Å². The molecule has 30 heavy (non-hydrogen) atoms. The average molecular weight is 413 g/mol. The molecule has 4 rings (SSSR count). The van der Waals surface area contributed by atoms with Crippen LogP contribution in [0.5, 0.6) is 11.5 Å². The summed E-state index contributed by atoms with van der Waals surface area (Å²) in [4.78, 5) is 40.3. The summed E-state index contributed by atoms with van der Waals surface area (Å²) >= 11 is 0. The topological polar surface area (TPSA) is 88.2 Å². The van der Waals surface area contributed by atoms with Crippen molar-refractivity contribution in [3.8, 4) is 11.5 Å². The molecule has 0 bridgehead atoms. The molecule has 1 fully saturated rings. The minimum Gasteiger partial charge on any atom is -0.454 e. The van der Waals surface area contributed by atoms with Crippen molar-refractivity contribution in [2.75, 3.05) is 20.4 Å². The number of halogens is 1. The van der Waals surface area contributed by atoms with Crippen molar-refractivity contribution in [1.29, 1.82) is 0 Å². The van der Waals surface area contributed by atoms with E-state index in [0.29, 0.717) is 22.6 Å². The van der Waals surface area contributed by atoms with Crippen LogP contribution in [0, 0.1) is 5.82 Å². The number of ether oxygens (including phenoxy) is 2. The number of hydrogen-bond donors (Lipinski definition) is 1. The Morgan fingerprint density at radius 1 is 1.20 bits per heavy atom. The molecule has 156 valence electrons. The average Bonchev–Trinajstić information content (AvgIpc) is 3.28. The van der Waals surface area contributed by atoms with Crippen molar-refractivity contribution >= 4 is 17.8 Å². The van der Waals surface area contributed by atoms with E-state index in [1.54, 1.807) is 43.3 Å². The van der Waals surface area contributed by atoms with E-state index in [2.05, 4.69) is 5.32 Å². The number of fused-ring (bicyclic) bond motifs is 1. The van der Waals surface area contributed by atoms with Gasteiger partial charge in [0.2, 0.25) is 12.7 Å². The molecule has 1 atom stereocenters. The predicted octanol–water partition coefficient (Wildman–Crippen LogP) is 1.98. The summed E-state index contributed by atoms with van der Waals surface area (Å²) in [5, 5.41) is 2.65. The van der Waals surface area contributed by atoms with Crippen LogP contribution in [0.3, 0.4) is 0 Å². The molecule has 0 unspecified atom stereocenters. The lowest BCUT2D eigenvalue weighted by Crippen LogP contribution is -2.43. The molecule has 2 aliphatic rings. The van der Waals surface area contributed by atoms with Crippen LogP contribution in [0.1, 0.15) is 18.1 Å². The van der Waals surface area contributed by atoms with Crippen molar-refractivity contribution in [3.63, 3.8) is 0 Å². The van der Waals surface area contributed by atoms with Gasteiger partial charge in [0.05, 0.1) is 0 Å². The van der Waals surface area contributed by atoms with Gasteiger partial charge in [-0.3, -0.25) is 14.5 Å². The Morgan fingerprint density at radius 2 is 1.93 bits per heavy atom. The molecular weight excluding hydrogens is 393 g/mol. The monoisotopic (exact) mass is 413 g/mol. The fourth-order valence-electron chi connectivity index (χ4n) is 3.47. The van der Waals surface area contributed by atoms with Gasteiger partial charge >= 0.3 is 6.03 Å². The first-order chi connectivity index (χ1) is 14.3. The van der Waals surface area contributed by atoms with Gasteiger partial charge in [-0.05, 0) is 30.7 Å². The van der Waals surface area contributed by atoms with E-state index in [1.165, 1.54) is 18.0 Å². The standard InChI is InChI=1S/C21H20FN3O5/c1-21(14-7-8-16-17(9-14)30-12-29-16)19(27)25(20(28)23-21)11-18(26)24(2)10-13-5-3-4-6-15(13)22/h3-9H,10-12H2,1-2H3,(H,23,28)/t21-/m1/s1. The Hall–Kier alpha value is -3.62. The summed E-state index contributed by atoms with van der Waals surface area (Å²) in [7, 11) is 1.49. The smallest absolute Gasteiger partial charge is 0.325 e. The highest BCUT2D eigenvalue weighted by molar-refractivity contribution is 6.09. The van der Waals surface area contributed by atoms with Crippen LogP contribution >= 0.6 is 0 Å². The summed E-state index contributed by atoms with van der Waals surface area (Å²) in [6.07, 6.45) is 0. The first-order valence-electron chi connectivity index (χ1n) is 9.31. The van der Waals surface area contributed by atoms with Crippen molar-refractivity contribution in [2.24, 2.45) is 0 Å². The third-order valence-electron chi connectivity index (χ3n) is 5.31. The molecular formula is C21H20FN3O5. The van der Waals surface area contributed by atoms with Gasteiger partial charge in [-0.1, -0.05) is 24.3 Å². The molecule has 0 aromatic heterocycles. The van der Waals surface area contributed by atoms with Crippen LogP contribution in [0.15, 0.2) is 42.5 Å². The Labute approximate surface area is 172 Å². The maximum absolute atomic E-state index is 13.8. The molecule has 2 aromatic rings. The molecule has 2 heterocycles. The van der Waals surface area contributed by atoms with E-state index in [1.807, 2.05) is 0 Å². The number of nitrogens with one attached hydrogen (secondary N) is 1. The first-order valence-corrected chi connectivity index (χ1v) is 9.31. The number of carbonyl (C=O) groups is 3. The Balaban J connectivity index is 1.48. The SMILES string of the molecule is CN(Cc1ccccc1F)C(=O)CN1C(=O)N[C@](C)(c2ccc3c(c2)OCO3)C1=O. The van der Waals surface area contributed by atoms with E-state index in [4.69, 9.17) is 9.47 Å². The molecule has 4 amide bonds. The fraction of sp³-hybridized carbons (Fsp3) is 0.286. The van der Waals surface area contributed by atoms with Crippen molar-refractivity contribution in [2.45, 2.75) is 19.0 Å². The van der Waals surface area contributed by atoms with Crippen LogP contribution in [0.4, 0.5) is 9.18 Å². The van der Waals surface area contributed by atoms with Crippen LogP contribution in [-0.4, -0.2) is 48.0 Å². The quantitative estimate of drug-likeness (QED) is 0.758. The van der Waals surface area contributed by atoms with E-state index in [9.17, 15) is 18.8 Å². The summed E-state index contributed by atoms with van der Waals surface area (Å²) in [5.74, 6) is -0.436. The largest absolute Gasteiger partial charge is 0.454 e. The van der Waals surface area contributed by atoms with E-state index >= 15 is 0 Å². The normalized spacial score (nSPS) is 19.8. The van der Waals surface area contributed by atoms with E-state index in [0.717, 1.165) is 4.90 Å². The Kier molecular flexibility index (Phi) is 4.81. The lowest BCUT2D eigenvalue weighted by atomic mass is 9.91. The van der Waals surface area contributed by atoms with Crippen molar-refractivity contribution in [1.82, 2.24) is 15.1 Å². The number of likely N-dealkylation sites (N-methyl/N-ethyl adjacent to an activating group) is 1. The summed E-state index contributed by atoms with van der Waals surface area (Å²) in [6.45, 7) is 1.23. The maximum atomic E-state index is 13.8. The minimum atomic E-state index is -1.34. The zero-order chi connectivity index (χ0) is 21.5. The number of amides is 4. The van der Waals surface area contributed by atoms with E-state index < -0.39 is 35.7 Å². The molecule has 0 aliphatic carbocycles. The molecule has 2 aromatic carbocycles. The molecule has 9 heteroatoms. The zero-order valence-corrected chi connectivity index (χ0v) is 16.5. The second kappa shape index (κ2) is 7.33. The molecule has 0 spiro atoms. The van der Waals surface area contributed by atoms with Gasteiger partial charge in [-0.25, -0.2) is 9.18 Å². The number of rotatable bonds is 5. The first kappa shape index (κ1) is 19.7. The second-order valence-corrected chi connectivity index (χ2v) is 7.36. The highest BCUT2D eigenvalue weighted by Crippen LogP contribution is 2.37. The van der Waals surface area contributed by atoms with Gasteiger partial charge in [0.15, 0.2) is 11.5 Å². The highest BCUT2D eigenvalue weighted by atomic mass is 19.1.